The first-order valence-corrected chi connectivity index (χ1v) is 7.77. The van der Waals surface area contributed by atoms with Crippen LogP contribution in [-0.2, 0) is 24.9 Å². The normalized spacial score (nSPS) is 11.5. The zero-order valence-electron chi connectivity index (χ0n) is 13.7. The van der Waals surface area contributed by atoms with E-state index in [1.165, 1.54) is 11.3 Å². The van der Waals surface area contributed by atoms with E-state index in [1.54, 1.807) is 13.3 Å². The molecule has 0 fully saturated rings. The summed E-state index contributed by atoms with van der Waals surface area (Å²) in [6.07, 6.45) is 3.51. The summed E-state index contributed by atoms with van der Waals surface area (Å²) in [6.45, 7) is 8.30. The van der Waals surface area contributed by atoms with Crippen molar-refractivity contribution in [3.05, 3.63) is 34.4 Å². The predicted octanol–water partition coefficient (Wildman–Crippen LogP) is 2.04. The highest BCUT2D eigenvalue weighted by Gasteiger charge is 2.14. The molecule has 0 saturated carbocycles. The van der Waals surface area contributed by atoms with Crippen LogP contribution in [0.3, 0.4) is 0 Å². The Balaban J connectivity index is 2.02. The van der Waals surface area contributed by atoms with Crippen LogP contribution in [-0.4, -0.2) is 51.3 Å². The van der Waals surface area contributed by atoms with E-state index in [0.717, 1.165) is 31.9 Å². The molecule has 0 N–H and O–H groups in total. The number of ether oxygens (including phenoxy) is 1. The molecule has 0 amide bonds. The lowest BCUT2D eigenvalue weighted by molar-refractivity contribution is 0.140. The molecule has 0 aromatic carbocycles. The zero-order valence-corrected chi connectivity index (χ0v) is 14.5. The van der Waals surface area contributed by atoms with Crippen LogP contribution in [0.2, 0.25) is 5.02 Å². The van der Waals surface area contributed by atoms with Crippen molar-refractivity contribution >= 4 is 11.6 Å². The molecule has 0 aliphatic heterocycles. The highest BCUT2D eigenvalue weighted by Crippen LogP contribution is 2.15. The van der Waals surface area contributed by atoms with Crippen molar-refractivity contribution in [3.8, 4) is 0 Å². The van der Waals surface area contributed by atoms with Gasteiger partial charge in [0.25, 0.3) is 0 Å². The molecule has 0 aliphatic rings. The number of hydrogen-bond acceptors (Lipinski definition) is 4. The SMILES string of the molecule is COCCN(CCn1cc(Cl)cn1)Cc1c(C)nn(C)c1C. The van der Waals surface area contributed by atoms with Crippen molar-refractivity contribution in [3.63, 3.8) is 0 Å². The summed E-state index contributed by atoms with van der Waals surface area (Å²) in [6, 6.07) is 0. The quantitative estimate of drug-likeness (QED) is 0.745. The molecular formula is C15H24ClN5O. The van der Waals surface area contributed by atoms with Gasteiger partial charge in [0.05, 0.1) is 30.1 Å². The lowest BCUT2D eigenvalue weighted by Crippen LogP contribution is -2.31. The first-order valence-electron chi connectivity index (χ1n) is 7.39. The van der Waals surface area contributed by atoms with Gasteiger partial charge in [-0.25, -0.2) is 0 Å². The number of aromatic nitrogens is 4. The van der Waals surface area contributed by atoms with Crippen LogP contribution in [0.4, 0.5) is 0 Å². The maximum Gasteiger partial charge on any atom is 0.0785 e. The highest BCUT2D eigenvalue weighted by atomic mass is 35.5. The third kappa shape index (κ3) is 4.32. The first kappa shape index (κ1) is 17.0. The van der Waals surface area contributed by atoms with Crippen LogP contribution in [0.5, 0.6) is 0 Å². The van der Waals surface area contributed by atoms with Gasteiger partial charge < -0.3 is 4.74 Å². The molecule has 22 heavy (non-hydrogen) atoms. The zero-order chi connectivity index (χ0) is 16.1. The lowest BCUT2D eigenvalue weighted by Gasteiger charge is -2.22. The second-order valence-corrected chi connectivity index (χ2v) is 5.90. The van der Waals surface area contributed by atoms with Crippen molar-refractivity contribution in [2.45, 2.75) is 26.9 Å². The van der Waals surface area contributed by atoms with Gasteiger partial charge in [-0.2, -0.15) is 10.2 Å². The van der Waals surface area contributed by atoms with Crippen LogP contribution >= 0.6 is 11.6 Å². The second kappa shape index (κ2) is 7.76. The second-order valence-electron chi connectivity index (χ2n) is 5.46. The Morgan fingerprint density at radius 3 is 2.64 bits per heavy atom. The molecule has 2 heterocycles. The fourth-order valence-corrected chi connectivity index (χ4v) is 2.62. The average molecular weight is 326 g/mol. The van der Waals surface area contributed by atoms with Crippen molar-refractivity contribution in [2.75, 3.05) is 26.8 Å². The van der Waals surface area contributed by atoms with Crippen LogP contribution in [0, 0.1) is 13.8 Å². The molecule has 2 rings (SSSR count). The van der Waals surface area contributed by atoms with Crippen molar-refractivity contribution in [2.24, 2.45) is 7.05 Å². The third-order valence-corrected chi connectivity index (χ3v) is 4.09. The first-order chi connectivity index (χ1) is 10.5. The Morgan fingerprint density at radius 1 is 1.32 bits per heavy atom. The summed E-state index contributed by atoms with van der Waals surface area (Å²) in [5.74, 6) is 0. The molecular weight excluding hydrogens is 302 g/mol. The summed E-state index contributed by atoms with van der Waals surface area (Å²) in [4.78, 5) is 2.36. The van der Waals surface area contributed by atoms with Gasteiger partial charge in [-0.3, -0.25) is 14.3 Å². The van der Waals surface area contributed by atoms with Gasteiger partial charge in [-0.15, -0.1) is 0 Å². The average Bonchev–Trinajstić information content (AvgIpc) is 3.00. The monoisotopic (exact) mass is 325 g/mol. The maximum atomic E-state index is 5.91. The largest absolute Gasteiger partial charge is 0.383 e. The van der Waals surface area contributed by atoms with Crippen LogP contribution < -0.4 is 0 Å². The summed E-state index contributed by atoms with van der Waals surface area (Å²) in [5, 5.41) is 9.38. The minimum atomic E-state index is 0.669. The number of nitrogens with zero attached hydrogens (tertiary/aromatic N) is 5. The number of hydrogen-bond donors (Lipinski definition) is 0. The summed E-state index contributed by atoms with van der Waals surface area (Å²) in [7, 11) is 3.71. The number of halogens is 1. The van der Waals surface area contributed by atoms with E-state index in [0.29, 0.717) is 11.6 Å². The van der Waals surface area contributed by atoms with Gasteiger partial charge in [0.2, 0.25) is 0 Å². The highest BCUT2D eigenvalue weighted by molar-refractivity contribution is 6.30. The van der Waals surface area contributed by atoms with Gasteiger partial charge in [-0.1, -0.05) is 11.6 Å². The van der Waals surface area contributed by atoms with Crippen LogP contribution in [0.15, 0.2) is 12.4 Å². The molecule has 0 aliphatic carbocycles. The van der Waals surface area contributed by atoms with Gasteiger partial charge in [0.15, 0.2) is 0 Å². The van der Waals surface area contributed by atoms with Crippen molar-refractivity contribution in [1.29, 1.82) is 0 Å². The smallest absolute Gasteiger partial charge is 0.0785 e. The van der Waals surface area contributed by atoms with Crippen molar-refractivity contribution < 1.29 is 4.74 Å². The van der Waals surface area contributed by atoms with Gasteiger partial charge in [-0.05, 0) is 13.8 Å². The van der Waals surface area contributed by atoms with Crippen LogP contribution in [0.25, 0.3) is 0 Å². The van der Waals surface area contributed by atoms with E-state index in [4.69, 9.17) is 16.3 Å². The number of aryl methyl sites for hydroxylation is 2. The molecule has 7 heteroatoms. The Kier molecular flexibility index (Phi) is 5.99. The molecule has 0 radical (unpaired) electrons. The van der Waals surface area contributed by atoms with Crippen LogP contribution in [0.1, 0.15) is 17.0 Å². The molecule has 2 aromatic heterocycles. The van der Waals surface area contributed by atoms with E-state index < -0.39 is 0 Å². The fourth-order valence-electron chi connectivity index (χ4n) is 2.46. The van der Waals surface area contributed by atoms with E-state index >= 15 is 0 Å². The van der Waals surface area contributed by atoms with Crippen molar-refractivity contribution in [1.82, 2.24) is 24.5 Å². The Labute approximate surface area is 136 Å². The minimum Gasteiger partial charge on any atom is -0.383 e. The van der Waals surface area contributed by atoms with Gasteiger partial charge >= 0.3 is 0 Å². The molecule has 2 aromatic rings. The lowest BCUT2D eigenvalue weighted by atomic mass is 10.2. The summed E-state index contributed by atoms with van der Waals surface area (Å²) in [5.41, 5.74) is 3.59. The van der Waals surface area contributed by atoms with E-state index in [9.17, 15) is 0 Å². The molecule has 0 unspecified atom stereocenters. The molecule has 0 bridgehead atoms. The molecule has 122 valence electrons. The Morgan fingerprint density at radius 2 is 2.09 bits per heavy atom. The summed E-state index contributed by atoms with van der Waals surface area (Å²) < 4.78 is 9.03. The predicted molar refractivity (Wildman–Crippen MR) is 87.1 cm³/mol. The molecule has 0 saturated heterocycles. The Hall–Kier alpha value is -1.37. The van der Waals surface area contributed by atoms with Gasteiger partial charge in [0, 0.05) is 51.2 Å². The summed E-state index contributed by atoms with van der Waals surface area (Å²) >= 11 is 5.91. The Bertz CT molecular complexity index is 607. The fraction of sp³-hybridized carbons (Fsp3) is 0.600. The maximum absolute atomic E-state index is 5.91. The number of rotatable bonds is 8. The molecule has 0 atom stereocenters. The van der Waals surface area contributed by atoms with E-state index in [1.807, 2.05) is 22.6 Å². The van der Waals surface area contributed by atoms with E-state index in [-0.39, 0.29) is 0 Å². The van der Waals surface area contributed by atoms with E-state index in [2.05, 4.69) is 28.9 Å². The number of methoxy groups -OCH3 is 1. The third-order valence-electron chi connectivity index (χ3n) is 3.90. The standard InChI is InChI=1S/C15H24ClN5O/c1-12-15(13(2)19(3)18-12)11-20(7-8-22-4)5-6-21-10-14(16)9-17-21/h9-10H,5-8,11H2,1-4H3. The molecule has 6 nitrogen and oxygen atoms in total. The van der Waals surface area contributed by atoms with Gasteiger partial charge in [0.1, 0.15) is 0 Å². The molecule has 0 spiro atoms. The topological polar surface area (TPSA) is 48.1 Å². The minimum absolute atomic E-state index is 0.669.